The van der Waals surface area contributed by atoms with Gasteiger partial charge in [-0.05, 0) is 54.2 Å². The molecule has 3 aliphatic rings. The zero-order chi connectivity index (χ0) is 17.4. The zero-order valence-electron chi connectivity index (χ0n) is 15.9. The van der Waals surface area contributed by atoms with Crippen LogP contribution < -0.4 is 5.32 Å². The van der Waals surface area contributed by atoms with Gasteiger partial charge in [-0.25, -0.2) is 0 Å². The highest BCUT2D eigenvalue weighted by molar-refractivity contribution is 5.34. The Hall–Kier alpha value is -1.06. The first-order valence-electron chi connectivity index (χ1n) is 10.3. The fraction of sp³-hybridized carbons (Fsp3) is 0.727. The number of phenolic OH excluding ortho intramolecular Hbond substituents is 1. The Balaban J connectivity index is 1.47. The van der Waals surface area contributed by atoms with E-state index in [0.29, 0.717) is 23.8 Å². The molecule has 0 bridgehead atoms. The van der Waals surface area contributed by atoms with Crippen LogP contribution in [0.3, 0.4) is 0 Å². The van der Waals surface area contributed by atoms with Gasteiger partial charge in [-0.15, -0.1) is 0 Å². The third-order valence-corrected chi connectivity index (χ3v) is 7.54. The van der Waals surface area contributed by atoms with E-state index in [2.05, 4.69) is 30.1 Å². The highest BCUT2D eigenvalue weighted by atomic mass is 16.3. The van der Waals surface area contributed by atoms with Crippen molar-refractivity contribution >= 4 is 0 Å². The number of fused-ring (bicyclic) bond motifs is 1. The maximum Gasteiger partial charge on any atom is 0.115 e. The normalized spacial score (nSPS) is 37.6. The predicted octanol–water partition coefficient (Wildman–Crippen LogP) is 3.91. The minimum Gasteiger partial charge on any atom is -0.508 e. The fourth-order valence-electron chi connectivity index (χ4n) is 5.67. The van der Waals surface area contributed by atoms with Crippen molar-refractivity contribution in [1.82, 2.24) is 10.2 Å². The maximum atomic E-state index is 9.93. The first-order valence-corrected chi connectivity index (χ1v) is 10.3. The van der Waals surface area contributed by atoms with Gasteiger partial charge in [0, 0.05) is 31.7 Å². The first-order chi connectivity index (χ1) is 12.1. The predicted molar refractivity (Wildman–Crippen MR) is 103 cm³/mol. The molecular formula is C22H34N2O. The van der Waals surface area contributed by atoms with Crippen LogP contribution in [0, 0.1) is 11.8 Å². The van der Waals surface area contributed by atoms with Crippen molar-refractivity contribution in [1.29, 1.82) is 0 Å². The summed E-state index contributed by atoms with van der Waals surface area (Å²) in [6.07, 6.45) is 8.33. The van der Waals surface area contributed by atoms with Crippen LogP contribution in [0.25, 0.3) is 0 Å². The van der Waals surface area contributed by atoms with Gasteiger partial charge >= 0.3 is 0 Å². The van der Waals surface area contributed by atoms with E-state index in [0.717, 1.165) is 12.5 Å². The van der Waals surface area contributed by atoms with Crippen molar-refractivity contribution in [2.24, 2.45) is 11.8 Å². The van der Waals surface area contributed by atoms with Gasteiger partial charge in [0.25, 0.3) is 0 Å². The molecule has 1 aromatic carbocycles. The lowest BCUT2D eigenvalue weighted by Crippen LogP contribution is -2.64. The number of nitrogens with zero attached hydrogens (tertiary/aromatic N) is 1. The molecule has 0 radical (unpaired) electrons. The molecule has 1 saturated carbocycles. The van der Waals surface area contributed by atoms with Gasteiger partial charge in [0.15, 0.2) is 0 Å². The summed E-state index contributed by atoms with van der Waals surface area (Å²) in [5, 5.41) is 13.8. The summed E-state index contributed by atoms with van der Waals surface area (Å²) in [5.41, 5.74) is 1.45. The molecule has 0 aromatic heterocycles. The third kappa shape index (κ3) is 3.33. The quantitative estimate of drug-likeness (QED) is 0.855. The van der Waals surface area contributed by atoms with Crippen molar-refractivity contribution in [2.45, 2.75) is 69.9 Å². The lowest BCUT2D eigenvalue weighted by molar-refractivity contribution is 0.0117. The van der Waals surface area contributed by atoms with Gasteiger partial charge in [0.05, 0.1) is 0 Å². The number of nitrogens with one attached hydrogen (secondary N) is 1. The average molecular weight is 343 g/mol. The van der Waals surface area contributed by atoms with Crippen LogP contribution in [0.15, 0.2) is 24.3 Å². The van der Waals surface area contributed by atoms with E-state index in [1.165, 1.54) is 57.2 Å². The van der Waals surface area contributed by atoms with Crippen molar-refractivity contribution in [2.75, 3.05) is 19.6 Å². The molecule has 4 unspecified atom stereocenters. The average Bonchev–Trinajstić information content (AvgIpc) is 2.63. The highest BCUT2D eigenvalue weighted by Gasteiger charge is 2.45. The molecule has 0 spiro atoms. The van der Waals surface area contributed by atoms with Gasteiger partial charge in [0.2, 0.25) is 0 Å². The van der Waals surface area contributed by atoms with E-state index in [1.807, 2.05) is 12.1 Å². The zero-order valence-corrected chi connectivity index (χ0v) is 15.9. The van der Waals surface area contributed by atoms with Crippen LogP contribution >= 0.6 is 0 Å². The molecule has 1 aromatic rings. The molecule has 4 atom stereocenters. The molecule has 2 saturated heterocycles. The Labute approximate surface area is 152 Å². The van der Waals surface area contributed by atoms with Crippen molar-refractivity contribution in [3.8, 4) is 5.75 Å². The molecule has 25 heavy (non-hydrogen) atoms. The van der Waals surface area contributed by atoms with Crippen LogP contribution in [0.4, 0.5) is 0 Å². The Bertz CT molecular complexity index is 597. The summed E-state index contributed by atoms with van der Waals surface area (Å²) in [7, 11) is 0. The summed E-state index contributed by atoms with van der Waals surface area (Å²) in [6.45, 7) is 8.34. The molecule has 0 amide bonds. The van der Waals surface area contributed by atoms with Gasteiger partial charge in [0.1, 0.15) is 5.75 Å². The maximum absolute atomic E-state index is 9.93. The third-order valence-electron chi connectivity index (χ3n) is 7.54. The van der Waals surface area contributed by atoms with Crippen LogP contribution in [-0.4, -0.2) is 41.7 Å². The molecule has 2 heterocycles. The minimum absolute atomic E-state index is 0.152. The second kappa shape index (κ2) is 6.92. The highest BCUT2D eigenvalue weighted by Crippen LogP contribution is 2.43. The van der Waals surface area contributed by atoms with E-state index in [-0.39, 0.29) is 5.41 Å². The number of aromatic hydroxyl groups is 1. The van der Waals surface area contributed by atoms with E-state index in [1.54, 1.807) is 6.07 Å². The smallest absolute Gasteiger partial charge is 0.115 e. The number of hydrogen-bond donors (Lipinski definition) is 2. The number of piperazine rings is 1. The molecular weight excluding hydrogens is 308 g/mol. The van der Waals surface area contributed by atoms with E-state index in [9.17, 15) is 5.11 Å². The first kappa shape index (κ1) is 17.4. The van der Waals surface area contributed by atoms with Gasteiger partial charge in [-0.1, -0.05) is 45.2 Å². The second-order valence-corrected chi connectivity index (χ2v) is 9.09. The van der Waals surface area contributed by atoms with E-state index in [4.69, 9.17) is 0 Å². The second-order valence-electron chi connectivity index (χ2n) is 9.09. The van der Waals surface area contributed by atoms with Crippen LogP contribution in [-0.2, 0) is 5.41 Å². The molecule has 4 rings (SSSR count). The molecule has 1 aliphatic carbocycles. The Kier molecular flexibility index (Phi) is 4.81. The van der Waals surface area contributed by atoms with Gasteiger partial charge < -0.3 is 10.4 Å². The topological polar surface area (TPSA) is 35.5 Å². The standard InChI is InChI=1S/C22H34N2O/c1-16-14-24-15-21(17-7-4-3-5-8-17)23-13-19(24)12-22(16,2)18-9-6-10-20(25)11-18/h6,9-11,16-17,19,21,23,25H,3-5,7-8,12-15H2,1-2H3. The van der Waals surface area contributed by atoms with Crippen molar-refractivity contribution in [3.63, 3.8) is 0 Å². The van der Waals surface area contributed by atoms with Crippen LogP contribution in [0.2, 0.25) is 0 Å². The summed E-state index contributed by atoms with van der Waals surface area (Å²) < 4.78 is 0. The minimum atomic E-state index is 0.152. The largest absolute Gasteiger partial charge is 0.508 e. The Morgan fingerprint density at radius 1 is 1.16 bits per heavy atom. The molecule has 3 nitrogen and oxygen atoms in total. The summed E-state index contributed by atoms with van der Waals surface area (Å²) in [4.78, 5) is 2.77. The van der Waals surface area contributed by atoms with Crippen molar-refractivity contribution < 1.29 is 5.11 Å². The number of hydrogen-bond acceptors (Lipinski definition) is 3. The SMILES string of the molecule is CC1CN2CC(C3CCCCC3)NCC2CC1(C)c1cccc(O)c1. The Morgan fingerprint density at radius 2 is 1.96 bits per heavy atom. The monoisotopic (exact) mass is 342 g/mol. The van der Waals surface area contributed by atoms with Gasteiger partial charge in [-0.2, -0.15) is 0 Å². The summed E-state index contributed by atoms with van der Waals surface area (Å²) >= 11 is 0. The van der Waals surface area contributed by atoms with Crippen LogP contribution in [0.5, 0.6) is 5.75 Å². The Morgan fingerprint density at radius 3 is 2.72 bits per heavy atom. The fourth-order valence-corrected chi connectivity index (χ4v) is 5.67. The number of piperidine rings is 1. The van der Waals surface area contributed by atoms with Gasteiger partial charge in [-0.3, -0.25) is 4.90 Å². The number of phenols is 1. The molecule has 2 aliphatic heterocycles. The van der Waals surface area contributed by atoms with E-state index >= 15 is 0 Å². The summed E-state index contributed by atoms with van der Waals surface area (Å²) in [6, 6.07) is 9.29. The van der Waals surface area contributed by atoms with Crippen LogP contribution in [0.1, 0.15) is 57.9 Å². The van der Waals surface area contributed by atoms with E-state index < -0.39 is 0 Å². The number of rotatable bonds is 2. The molecule has 3 fully saturated rings. The lowest BCUT2D eigenvalue weighted by atomic mass is 9.65. The summed E-state index contributed by atoms with van der Waals surface area (Å²) in [5.74, 6) is 1.90. The lowest BCUT2D eigenvalue weighted by Gasteiger charge is -2.54. The number of benzene rings is 1. The molecule has 138 valence electrons. The molecule has 2 N–H and O–H groups in total. The van der Waals surface area contributed by atoms with Crippen molar-refractivity contribution in [3.05, 3.63) is 29.8 Å². The molecule has 3 heteroatoms.